The second kappa shape index (κ2) is 4.43. The van der Waals surface area contributed by atoms with Gasteiger partial charge in [-0.2, -0.15) is 4.91 Å². The van der Waals surface area contributed by atoms with Gasteiger partial charge < -0.3 is 4.74 Å². The molecule has 0 aromatic rings. The molecule has 0 aliphatic rings. The molecule has 0 radical (unpaired) electrons. The number of rotatable bonds is 5. The SMILES string of the molecule is C=C(C=O)OC(=C)CN=O. The van der Waals surface area contributed by atoms with Crippen molar-refractivity contribution in [2.45, 2.75) is 0 Å². The zero-order chi connectivity index (χ0) is 7.98. The van der Waals surface area contributed by atoms with E-state index in [1.807, 2.05) is 0 Å². The lowest BCUT2D eigenvalue weighted by atomic mass is 10.5. The lowest BCUT2D eigenvalue weighted by molar-refractivity contribution is -0.107. The molecule has 10 heavy (non-hydrogen) atoms. The van der Waals surface area contributed by atoms with Crippen molar-refractivity contribution in [2.75, 3.05) is 6.54 Å². The summed E-state index contributed by atoms with van der Waals surface area (Å²) in [5.74, 6) is 0.0424. The molecule has 0 atom stereocenters. The quantitative estimate of drug-likeness (QED) is 0.248. The van der Waals surface area contributed by atoms with E-state index in [-0.39, 0.29) is 18.1 Å². The predicted molar refractivity (Wildman–Crippen MR) is 36.1 cm³/mol. The Labute approximate surface area is 58.2 Å². The molecule has 0 heterocycles. The van der Waals surface area contributed by atoms with Crippen LogP contribution in [0.5, 0.6) is 0 Å². The van der Waals surface area contributed by atoms with Gasteiger partial charge in [0, 0.05) is 0 Å². The summed E-state index contributed by atoms with van der Waals surface area (Å²) in [5.41, 5.74) is 0. The highest BCUT2D eigenvalue weighted by Gasteiger charge is 1.95. The smallest absolute Gasteiger partial charge is 0.184 e. The summed E-state index contributed by atoms with van der Waals surface area (Å²) in [6, 6.07) is 0. The van der Waals surface area contributed by atoms with E-state index in [4.69, 9.17) is 0 Å². The Morgan fingerprint density at radius 3 is 2.60 bits per heavy atom. The van der Waals surface area contributed by atoms with Gasteiger partial charge in [0.1, 0.15) is 12.3 Å². The highest BCUT2D eigenvalue weighted by molar-refractivity contribution is 5.69. The second-order valence-corrected chi connectivity index (χ2v) is 1.51. The maximum absolute atomic E-state index is 9.87. The summed E-state index contributed by atoms with van der Waals surface area (Å²) < 4.78 is 4.59. The van der Waals surface area contributed by atoms with E-state index in [9.17, 15) is 9.70 Å². The monoisotopic (exact) mass is 141 g/mol. The van der Waals surface area contributed by atoms with Crippen molar-refractivity contribution < 1.29 is 9.53 Å². The highest BCUT2D eigenvalue weighted by Crippen LogP contribution is 1.99. The summed E-state index contributed by atoms with van der Waals surface area (Å²) in [4.78, 5) is 19.4. The molecule has 54 valence electrons. The minimum Gasteiger partial charge on any atom is -0.457 e. The van der Waals surface area contributed by atoms with Crippen LogP contribution in [0.25, 0.3) is 0 Å². The van der Waals surface area contributed by atoms with Crippen LogP contribution in [0.15, 0.2) is 29.9 Å². The number of aldehydes is 1. The Morgan fingerprint density at radius 2 is 2.20 bits per heavy atom. The first-order chi connectivity index (χ1) is 4.70. The lowest BCUT2D eigenvalue weighted by Gasteiger charge is -2.00. The molecule has 0 aromatic heterocycles. The van der Waals surface area contributed by atoms with E-state index in [0.717, 1.165) is 0 Å². The van der Waals surface area contributed by atoms with E-state index in [2.05, 4.69) is 23.1 Å². The van der Waals surface area contributed by atoms with Gasteiger partial charge in [-0.15, -0.1) is 0 Å². The number of nitrogens with zero attached hydrogens (tertiary/aromatic N) is 1. The number of hydrogen-bond donors (Lipinski definition) is 0. The van der Waals surface area contributed by atoms with Crippen LogP contribution in [0.3, 0.4) is 0 Å². The Kier molecular flexibility index (Phi) is 3.79. The van der Waals surface area contributed by atoms with Gasteiger partial charge >= 0.3 is 0 Å². The van der Waals surface area contributed by atoms with Crippen molar-refractivity contribution in [3.8, 4) is 0 Å². The second-order valence-electron chi connectivity index (χ2n) is 1.51. The maximum atomic E-state index is 9.87. The zero-order valence-corrected chi connectivity index (χ0v) is 5.37. The maximum Gasteiger partial charge on any atom is 0.184 e. The summed E-state index contributed by atoms with van der Waals surface area (Å²) in [6.07, 6.45) is 0.427. The minimum atomic E-state index is -0.160. The topological polar surface area (TPSA) is 55.7 Å². The van der Waals surface area contributed by atoms with Crippen molar-refractivity contribution in [3.63, 3.8) is 0 Å². The molecule has 0 saturated heterocycles. The van der Waals surface area contributed by atoms with Gasteiger partial charge in [-0.25, -0.2) is 0 Å². The molecule has 0 fully saturated rings. The number of ether oxygens (including phenoxy) is 1. The predicted octanol–water partition coefficient (Wildman–Crippen LogP) is 0.996. The molecule has 4 heteroatoms. The molecule has 0 unspecified atom stereocenters. The fourth-order valence-electron chi connectivity index (χ4n) is 0.314. The molecule has 4 nitrogen and oxygen atoms in total. The van der Waals surface area contributed by atoms with Crippen LogP contribution < -0.4 is 0 Å². The first kappa shape index (κ1) is 8.55. The molecule has 0 spiro atoms. The van der Waals surface area contributed by atoms with Crippen molar-refractivity contribution in [1.29, 1.82) is 0 Å². The summed E-state index contributed by atoms with van der Waals surface area (Å²) in [5, 5.41) is 2.49. The molecule has 0 rings (SSSR count). The third kappa shape index (κ3) is 3.54. The summed E-state index contributed by atoms with van der Waals surface area (Å²) in [7, 11) is 0. The van der Waals surface area contributed by atoms with Gasteiger partial charge in [-0.1, -0.05) is 18.3 Å². The van der Waals surface area contributed by atoms with Crippen molar-refractivity contribution in [2.24, 2.45) is 5.18 Å². The first-order valence-corrected chi connectivity index (χ1v) is 2.49. The van der Waals surface area contributed by atoms with Crippen LogP contribution in [0.4, 0.5) is 0 Å². The fraction of sp³-hybridized carbons (Fsp3) is 0.167. The third-order valence-electron chi connectivity index (χ3n) is 0.648. The number of nitroso groups, excluding NO2 is 1. The number of allylic oxidation sites excluding steroid dienone is 1. The van der Waals surface area contributed by atoms with Crippen LogP contribution in [0.2, 0.25) is 0 Å². The molecule has 0 saturated carbocycles. The Balaban J connectivity index is 3.67. The fourth-order valence-corrected chi connectivity index (χ4v) is 0.314. The largest absolute Gasteiger partial charge is 0.457 e. The van der Waals surface area contributed by atoms with Gasteiger partial charge in [-0.3, -0.25) is 4.79 Å². The van der Waals surface area contributed by atoms with Gasteiger partial charge in [0.15, 0.2) is 12.0 Å². The molecular weight excluding hydrogens is 134 g/mol. The van der Waals surface area contributed by atoms with Crippen LogP contribution in [0, 0.1) is 4.91 Å². The lowest BCUT2D eigenvalue weighted by Crippen LogP contribution is -1.94. The average Bonchev–Trinajstić information content (AvgIpc) is 1.88. The highest BCUT2D eigenvalue weighted by atomic mass is 16.5. The Bertz CT molecular complexity index is 174. The number of carbonyl (C=O) groups is 1. The first-order valence-electron chi connectivity index (χ1n) is 2.49. The number of hydrogen-bond acceptors (Lipinski definition) is 4. The van der Waals surface area contributed by atoms with Crippen molar-refractivity contribution in [3.05, 3.63) is 29.6 Å². The van der Waals surface area contributed by atoms with Gasteiger partial charge in [-0.05, 0) is 0 Å². The molecule has 0 amide bonds. The molecule has 0 bridgehead atoms. The Hall–Kier alpha value is -1.45. The van der Waals surface area contributed by atoms with Crippen LogP contribution in [-0.2, 0) is 9.53 Å². The van der Waals surface area contributed by atoms with E-state index in [0.29, 0.717) is 6.29 Å². The Morgan fingerprint density at radius 1 is 1.60 bits per heavy atom. The van der Waals surface area contributed by atoms with E-state index in [1.54, 1.807) is 0 Å². The molecular formula is C6H7NO3. The molecule has 0 N–H and O–H groups in total. The van der Waals surface area contributed by atoms with Crippen molar-refractivity contribution >= 4 is 6.29 Å². The zero-order valence-electron chi connectivity index (χ0n) is 5.37. The third-order valence-corrected chi connectivity index (χ3v) is 0.648. The van der Waals surface area contributed by atoms with Crippen LogP contribution in [0.1, 0.15) is 0 Å². The van der Waals surface area contributed by atoms with Gasteiger partial charge in [0.05, 0.1) is 0 Å². The van der Waals surface area contributed by atoms with E-state index < -0.39 is 0 Å². The van der Waals surface area contributed by atoms with Gasteiger partial charge in [0.25, 0.3) is 0 Å². The van der Waals surface area contributed by atoms with Crippen molar-refractivity contribution in [1.82, 2.24) is 0 Å². The van der Waals surface area contributed by atoms with Crippen LogP contribution >= 0.6 is 0 Å². The summed E-state index contributed by atoms with van der Waals surface area (Å²) in [6.45, 7) is 6.34. The standard InChI is InChI=1S/C6H7NO3/c1-5(3-7-9)10-6(2)4-8/h4H,1-3H2. The summed E-state index contributed by atoms with van der Waals surface area (Å²) >= 11 is 0. The molecule has 0 aliphatic carbocycles. The van der Waals surface area contributed by atoms with E-state index >= 15 is 0 Å². The van der Waals surface area contributed by atoms with Gasteiger partial charge in [0.2, 0.25) is 0 Å². The molecule has 0 aliphatic heterocycles. The van der Waals surface area contributed by atoms with E-state index in [1.165, 1.54) is 0 Å². The minimum absolute atomic E-state index is 0.0753. The molecule has 0 aromatic carbocycles. The van der Waals surface area contributed by atoms with Crippen LogP contribution in [-0.4, -0.2) is 12.8 Å². The normalized spacial score (nSPS) is 8.00. The average molecular weight is 141 g/mol. The number of carbonyl (C=O) groups excluding carboxylic acids is 1.